The average molecular weight is 172 g/mol. The predicted octanol–water partition coefficient (Wildman–Crippen LogP) is 0.841. The molecular weight excluding hydrogens is 160 g/mol. The monoisotopic (exact) mass is 172 g/mol. The molecule has 0 aromatic heterocycles. The van der Waals surface area contributed by atoms with Crippen LogP contribution >= 0.6 is 0 Å². The van der Waals surface area contributed by atoms with Gasteiger partial charge in [0.15, 0.2) is 12.2 Å². The molecule has 0 aliphatic rings. The van der Waals surface area contributed by atoms with Crippen molar-refractivity contribution >= 4 is 5.97 Å². The Morgan fingerprint density at radius 3 is 2.50 bits per heavy atom. The average Bonchev–Trinajstić information content (AvgIpc) is 1.96. The van der Waals surface area contributed by atoms with Gasteiger partial charge in [-0.3, -0.25) is 4.79 Å². The minimum absolute atomic E-state index is 0.260. The first-order valence-electron chi connectivity index (χ1n) is 3.41. The van der Waals surface area contributed by atoms with Crippen molar-refractivity contribution in [2.24, 2.45) is 5.41 Å². The summed E-state index contributed by atoms with van der Waals surface area (Å²) in [4.78, 5) is 11.0. The van der Waals surface area contributed by atoms with Gasteiger partial charge in [0.2, 0.25) is 6.79 Å². The second kappa shape index (κ2) is 4.50. The summed E-state index contributed by atoms with van der Waals surface area (Å²) >= 11 is 0. The summed E-state index contributed by atoms with van der Waals surface area (Å²) in [5, 5.41) is 7.96. The van der Waals surface area contributed by atoms with Gasteiger partial charge in [0.1, 0.15) is 0 Å². The van der Waals surface area contributed by atoms with Crippen LogP contribution in [0.3, 0.4) is 0 Å². The third-order valence-electron chi connectivity index (χ3n) is 0.979. The number of carbonyl (C=O) groups is 1. The molecule has 12 heavy (non-hydrogen) atoms. The van der Waals surface area contributed by atoms with E-state index in [0.29, 0.717) is 0 Å². The van der Waals surface area contributed by atoms with Crippen LogP contribution in [0.25, 0.3) is 0 Å². The number of ether oxygens (including phenoxy) is 2. The minimum Gasteiger partial charge on any atom is -0.460 e. The van der Waals surface area contributed by atoms with Crippen molar-refractivity contribution in [3.8, 4) is 12.2 Å². The van der Waals surface area contributed by atoms with Gasteiger partial charge < -0.3 is 14.6 Å². The fourth-order valence-electron chi connectivity index (χ4n) is 0.361. The second-order valence-corrected chi connectivity index (χ2v) is 3.16. The topological polar surface area (TPSA) is 55.8 Å². The largest absolute Gasteiger partial charge is 0.460 e. The van der Waals surface area contributed by atoms with E-state index in [0.717, 1.165) is 0 Å². The second-order valence-electron chi connectivity index (χ2n) is 3.16. The van der Waals surface area contributed by atoms with Gasteiger partial charge in [0.05, 0.1) is 5.41 Å². The molecule has 0 aliphatic heterocycles. The van der Waals surface area contributed by atoms with Crippen LogP contribution in [0.5, 0.6) is 0 Å². The first-order chi connectivity index (χ1) is 5.48. The lowest BCUT2D eigenvalue weighted by atomic mass is 9.98. The first kappa shape index (κ1) is 10.6. The van der Waals surface area contributed by atoms with Gasteiger partial charge in [0, 0.05) is 0 Å². The molecular formula is C8H12O4. The van der Waals surface area contributed by atoms with E-state index in [9.17, 15) is 4.79 Å². The third-order valence-corrected chi connectivity index (χ3v) is 0.979. The summed E-state index contributed by atoms with van der Waals surface area (Å²) in [5.41, 5.74) is -0.546. The lowest BCUT2D eigenvalue weighted by Crippen LogP contribution is -2.23. The smallest absolute Gasteiger partial charge is 0.314 e. The molecule has 0 rings (SSSR count). The summed E-state index contributed by atoms with van der Waals surface area (Å²) in [6.07, 6.45) is 3.40. The molecule has 0 amide bonds. The van der Waals surface area contributed by atoms with E-state index in [1.165, 1.54) is 6.11 Å². The molecule has 0 saturated heterocycles. The molecule has 0 bridgehead atoms. The number of aliphatic hydroxyl groups is 1. The zero-order valence-corrected chi connectivity index (χ0v) is 7.38. The Morgan fingerprint density at radius 2 is 2.08 bits per heavy atom. The van der Waals surface area contributed by atoms with Gasteiger partial charge in [-0.25, -0.2) is 0 Å². The predicted molar refractivity (Wildman–Crippen MR) is 41.2 cm³/mol. The maximum absolute atomic E-state index is 11.0. The molecule has 0 radical (unpaired) electrons. The van der Waals surface area contributed by atoms with E-state index in [2.05, 4.69) is 9.47 Å². The summed E-state index contributed by atoms with van der Waals surface area (Å²) in [6, 6.07) is 0. The SMILES string of the molecule is CC(C)(C)C(=O)OCOC#CO. The van der Waals surface area contributed by atoms with Crippen LogP contribution in [0.2, 0.25) is 0 Å². The Hall–Kier alpha value is -1.37. The van der Waals surface area contributed by atoms with Crippen molar-refractivity contribution < 1.29 is 19.4 Å². The number of aliphatic hydroxyl groups excluding tert-OH is 1. The third kappa shape index (κ3) is 4.45. The summed E-state index contributed by atoms with van der Waals surface area (Å²) in [6.45, 7) is 4.93. The molecule has 0 fully saturated rings. The van der Waals surface area contributed by atoms with Crippen molar-refractivity contribution in [3.63, 3.8) is 0 Å². The van der Waals surface area contributed by atoms with Gasteiger partial charge in [-0.2, -0.15) is 0 Å². The molecule has 0 aromatic carbocycles. The van der Waals surface area contributed by atoms with Gasteiger partial charge in [-0.15, -0.1) is 0 Å². The molecule has 0 atom stereocenters. The molecule has 1 N–H and O–H groups in total. The normalized spacial score (nSPS) is 9.58. The van der Waals surface area contributed by atoms with Gasteiger partial charge in [-0.1, -0.05) is 0 Å². The molecule has 68 valence electrons. The van der Waals surface area contributed by atoms with Crippen molar-refractivity contribution in [2.45, 2.75) is 20.8 Å². The highest BCUT2D eigenvalue weighted by atomic mass is 16.7. The van der Waals surface area contributed by atoms with E-state index in [1.807, 2.05) is 6.11 Å². The maximum Gasteiger partial charge on any atom is 0.314 e. The highest BCUT2D eigenvalue weighted by molar-refractivity contribution is 5.75. The van der Waals surface area contributed by atoms with E-state index in [1.54, 1.807) is 20.8 Å². The zero-order valence-electron chi connectivity index (χ0n) is 7.38. The molecule has 0 heterocycles. The molecule has 4 heteroatoms. The zero-order chi connectivity index (χ0) is 9.61. The molecule has 0 spiro atoms. The maximum atomic E-state index is 11.0. The highest BCUT2D eigenvalue weighted by Gasteiger charge is 2.22. The summed E-state index contributed by atoms with van der Waals surface area (Å²) in [5.74, 6) is -0.373. The van der Waals surface area contributed by atoms with Crippen molar-refractivity contribution in [1.29, 1.82) is 0 Å². The summed E-state index contributed by atoms with van der Waals surface area (Å²) in [7, 11) is 0. The lowest BCUT2D eigenvalue weighted by Gasteiger charge is -2.15. The number of hydrogen-bond donors (Lipinski definition) is 1. The van der Waals surface area contributed by atoms with E-state index in [4.69, 9.17) is 5.11 Å². The standard InChI is InChI=1S/C8H12O4/c1-8(2,3)7(10)12-6-11-5-4-9/h9H,6H2,1-3H3. The van der Waals surface area contributed by atoms with Crippen LogP contribution in [-0.2, 0) is 14.3 Å². The van der Waals surface area contributed by atoms with Gasteiger partial charge >= 0.3 is 5.97 Å². The van der Waals surface area contributed by atoms with Crippen LogP contribution in [0.15, 0.2) is 0 Å². The Bertz CT molecular complexity index is 203. The van der Waals surface area contributed by atoms with Gasteiger partial charge in [-0.05, 0) is 20.8 Å². The number of hydrogen-bond acceptors (Lipinski definition) is 4. The van der Waals surface area contributed by atoms with E-state index in [-0.39, 0.29) is 12.8 Å². The Balaban J connectivity index is 3.63. The van der Waals surface area contributed by atoms with Crippen LogP contribution in [0.1, 0.15) is 20.8 Å². The molecule has 0 saturated carbocycles. The summed E-state index contributed by atoms with van der Waals surface area (Å²) < 4.78 is 9.03. The van der Waals surface area contributed by atoms with E-state index >= 15 is 0 Å². The quantitative estimate of drug-likeness (QED) is 0.290. The first-order valence-corrected chi connectivity index (χ1v) is 3.41. The Kier molecular flexibility index (Phi) is 3.98. The van der Waals surface area contributed by atoms with E-state index < -0.39 is 5.41 Å². The molecule has 0 unspecified atom stereocenters. The van der Waals surface area contributed by atoms with Crippen LogP contribution in [0, 0.1) is 17.6 Å². The van der Waals surface area contributed by atoms with Crippen LogP contribution in [-0.4, -0.2) is 17.9 Å². The number of rotatable bonds is 2. The highest BCUT2D eigenvalue weighted by Crippen LogP contribution is 2.14. The lowest BCUT2D eigenvalue weighted by molar-refractivity contribution is -0.161. The van der Waals surface area contributed by atoms with Crippen LogP contribution in [0.4, 0.5) is 0 Å². The fourth-order valence-corrected chi connectivity index (χ4v) is 0.361. The Labute approximate surface area is 71.5 Å². The molecule has 4 nitrogen and oxygen atoms in total. The van der Waals surface area contributed by atoms with Crippen molar-refractivity contribution in [1.82, 2.24) is 0 Å². The number of carbonyl (C=O) groups excluding carboxylic acids is 1. The number of esters is 1. The Morgan fingerprint density at radius 1 is 1.50 bits per heavy atom. The molecule has 0 aromatic rings. The van der Waals surface area contributed by atoms with Gasteiger partial charge in [0.25, 0.3) is 0 Å². The van der Waals surface area contributed by atoms with Crippen LogP contribution < -0.4 is 0 Å². The fraction of sp³-hybridized carbons (Fsp3) is 0.625. The van der Waals surface area contributed by atoms with Crippen molar-refractivity contribution in [2.75, 3.05) is 6.79 Å². The van der Waals surface area contributed by atoms with Crippen molar-refractivity contribution in [3.05, 3.63) is 0 Å². The minimum atomic E-state index is -0.546. The molecule has 0 aliphatic carbocycles.